The van der Waals surface area contributed by atoms with Crippen LogP contribution < -0.4 is 16.0 Å². The van der Waals surface area contributed by atoms with Gasteiger partial charge in [-0.2, -0.15) is 0 Å². The molecule has 0 unspecified atom stereocenters. The fourth-order valence-electron chi connectivity index (χ4n) is 4.22. The van der Waals surface area contributed by atoms with Crippen LogP contribution in [-0.4, -0.2) is 39.5 Å². The minimum atomic E-state index is 0.000286. The predicted molar refractivity (Wildman–Crippen MR) is 123 cm³/mol. The summed E-state index contributed by atoms with van der Waals surface area (Å²) in [5.74, 6) is 0.662. The first-order valence-corrected chi connectivity index (χ1v) is 11.6. The van der Waals surface area contributed by atoms with Gasteiger partial charge >= 0.3 is 0 Å². The van der Waals surface area contributed by atoms with Crippen LogP contribution in [0.4, 0.5) is 5.95 Å². The van der Waals surface area contributed by atoms with Crippen LogP contribution in [0.5, 0.6) is 0 Å². The van der Waals surface area contributed by atoms with Crippen molar-refractivity contribution in [2.24, 2.45) is 0 Å². The summed E-state index contributed by atoms with van der Waals surface area (Å²) in [6.07, 6.45) is 4.66. The number of aromatic nitrogens is 2. The number of halogens is 1. The lowest BCUT2D eigenvalue weighted by Crippen LogP contribution is -2.60. The molecule has 1 aliphatic heterocycles. The Labute approximate surface area is 185 Å². The van der Waals surface area contributed by atoms with Gasteiger partial charge in [-0.3, -0.25) is 4.79 Å². The second kappa shape index (κ2) is 8.70. The predicted octanol–water partition coefficient (Wildman–Crippen LogP) is 4.37. The molecule has 0 bridgehead atoms. The normalized spacial score (nSPS) is 18.4. The van der Waals surface area contributed by atoms with E-state index in [9.17, 15) is 4.79 Å². The zero-order chi connectivity index (χ0) is 21.2. The minimum Gasteiger partial charge on any atom is -0.356 e. The maximum atomic E-state index is 11.0. The Morgan fingerprint density at radius 2 is 1.97 bits per heavy atom. The lowest BCUT2D eigenvalue weighted by Gasteiger charge is -2.46. The first-order valence-electron chi connectivity index (χ1n) is 9.95. The topological polar surface area (TPSA) is 78.9 Å². The van der Waals surface area contributed by atoms with Gasteiger partial charge in [-0.1, -0.05) is 0 Å². The van der Waals surface area contributed by atoms with Gasteiger partial charge in [0.1, 0.15) is 0 Å². The van der Waals surface area contributed by atoms with Crippen molar-refractivity contribution in [2.75, 3.05) is 11.9 Å². The van der Waals surface area contributed by atoms with Gasteiger partial charge < -0.3 is 16.0 Å². The Hall–Kier alpha value is -1.51. The molecule has 0 aromatic carbocycles. The van der Waals surface area contributed by atoms with Crippen LogP contribution in [0.15, 0.2) is 22.8 Å². The summed E-state index contributed by atoms with van der Waals surface area (Å²) in [6, 6.07) is 4.50. The van der Waals surface area contributed by atoms with Crippen molar-refractivity contribution < 1.29 is 4.79 Å². The van der Waals surface area contributed by atoms with Crippen molar-refractivity contribution >= 4 is 39.1 Å². The molecule has 3 rings (SSSR count). The molecule has 1 fully saturated rings. The molecule has 1 saturated heterocycles. The number of anilines is 1. The number of rotatable bonds is 6. The van der Waals surface area contributed by atoms with Crippen molar-refractivity contribution in [2.45, 2.75) is 71.0 Å². The smallest absolute Gasteiger partial charge is 0.223 e. The van der Waals surface area contributed by atoms with Gasteiger partial charge in [-0.05, 0) is 75.0 Å². The van der Waals surface area contributed by atoms with Crippen LogP contribution >= 0.6 is 27.3 Å². The number of thiophene rings is 1. The molecule has 0 radical (unpaired) electrons. The van der Waals surface area contributed by atoms with Gasteiger partial charge in [0.2, 0.25) is 11.9 Å². The molecule has 0 atom stereocenters. The van der Waals surface area contributed by atoms with Gasteiger partial charge in [-0.15, -0.1) is 11.3 Å². The number of hydrogen-bond acceptors (Lipinski definition) is 6. The zero-order valence-electron chi connectivity index (χ0n) is 17.7. The summed E-state index contributed by atoms with van der Waals surface area (Å²) in [5.41, 5.74) is 1.02. The van der Waals surface area contributed by atoms with E-state index in [-0.39, 0.29) is 17.0 Å². The van der Waals surface area contributed by atoms with Gasteiger partial charge in [0.25, 0.3) is 0 Å². The Bertz CT molecular complexity index is 864. The highest BCUT2D eigenvalue weighted by molar-refractivity contribution is 9.10. The van der Waals surface area contributed by atoms with Crippen molar-refractivity contribution in [1.29, 1.82) is 0 Å². The Balaban J connectivity index is 1.73. The van der Waals surface area contributed by atoms with E-state index < -0.39 is 0 Å². The Morgan fingerprint density at radius 3 is 2.62 bits per heavy atom. The maximum absolute atomic E-state index is 11.0. The van der Waals surface area contributed by atoms with E-state index in [0.717, 1.165) is 34.3 Å². The molecule has 6 nitrogen and oxygen atoms in total. The molecular formula is C21H30BrN5OS. The molecule has 2 aromatic heterocycles. The Kier molecular flexibility index (Phi) is 6.65. The first kappa shape index (κ1) is 22.2. The number of nitrogens with zero attached hydrogens (tertiary/aromatic N) is 2. The maximum Gasteiger partial charge on any atom is 0.223 e. The number of piperidine rings is 1. The Morgan fingerprint density at radius 1 is 1.28 bits per heavy atom. The monoisotopic (exact) mass is 479 g/mol. The molecular weight excluding hydrogens is 450 g/mol. The van der Waals surface area contributed by atoms with E-state index in [4.69, 9.17) is 4.98 Å². The second-order valence-electron chi connectivity index (χ2n) is 9.03. The van der Waals surface area contributed by atoms with E-state index in [1.807, 2.05) is 6.20 Å². The average molecular weight is 480 g/mol. The molecule has 8 heteroatoms. The molecule has 158 valence electrons. The number of nitrogens with one attached hydrogen (secondary N) is 3. The summed E-state index contributed by atoms with van der Waals surface area (Å²) in [4.78, 5) is 22.7. The molecule has 3 heterocycles. The molecule has 1 aliphatic rings. The van der Waals surface area contributed by atoms with Gasteiger partial charge in [0.05, 0.1) is 15.0 Å². The lowest BCUT2D eigenvalue weighted by atomic mass is 9.80. The van der Waals surface area contributed by atoms with Crippen molar-refractivity contribution in [3.05, 3.63) is 27.7 Å². The first-order chi connectivity index (χ1) is 13.5. The summed E-state index contributed by atoms with van der Waals surface area (Å²) in [5, 5.41) is 10.1. The highest BCUT2D eigenvalue weighted by atomic mass is 79.9. The van der Waals surface area contributed by atoms with Crippen LogP contribution in [0.3, 0.4) is 0 Å². The van der Waals surface area contributed by atoms with Crippen LogP contribution in [-0.2, 0) is 11.2 Å². The van der Waals surface area contributed by atoms with Crippen LogP contribution in [0.25, 0.3) is 10.6 Å². The van der Waals surface area contributed by atoms with E-state index in [0.29, 0.717) is 18.5 Å². The summed E-state index contributed by atoms with van der Waals surface area (Å²) < 4.78 is 0.879. The summed E-state index contributed by atoms with van der Waals surface area (Å²) >= 11 is 5.29. The molecule has 0 saturated carbocycles. The van der Waals surface area contributed by atoms with Gasteiger partial charge in [0, 0.05) is 41.7 Å². The van der Waals surface area contributed by atoms with Gasteiger partial charge in [-0.25, -0.2) is 9.97 Å². The number of amides is 1. The molecule has 3 N–H and O–H groups in total. The average Bonchev–Trinajstić information content (AvgIpc) is 3.02. The largest absolute Gasteiger partial charge is 0.356 e. The second-order valence-corrected chi connectivity index (χ2v) is 11.1. The molecule has 2 aromatic rings. The van der Waals surface area contributed by atoms with Crippen LogP contribution in [0.2, 0.25) is 0 Å². The minimum absolute atomic E-state index is 0.000286. The van der Waals surface area contributed by atoms with E-state index >= 15 is 0 Å². The van der Waals surface area contributed by atoms with E-state index in [2.05, 4.69) is 76.7 Å². The molecule has 0 spiro atoms. The summed E-state index contributed by atoms with van der Waals surface area (Å²) in [6.45, 7) is 11.1. The number of carbonyl (C=O) groups is 1. The van der Waals surface area contributed by atoms with E-state index in [1.54, 1.807) is 11.3 Å². The quantitative estimate of drug-likeness (QED) is 0.573. The third-order valence-corrected chi connectivity index (χ3v) is 6.64. The molecule has 0 aliphatic carbocycles. The third kappa shape index (κ3) is 6.23. The fraction of sp³-hybridized carbons (Fsp3) is 0.571. The summed E-state index contributed by atoms with van der Waals surface area (Å²) in [7, 11) is 0. The SMILES string of the molecule is CC(=O)NCCc1ccc(-c2nc(NC3CC(C)(C)NC(C)(C)C3)ncc2Br)s1. The standard InChI is InChI=1S/C21H30BrN5OS/c1-13(28)23-9-8-15-6-7-17(29-15)18-16(22)12-24-19(26-18)25-14-10-20(2,3)27-21(4,5)11-14/h6-7,12,14,27H,8-11H2,1-5H3,(H,23,28)(H,24,25,26). The van der Waals surface area contributed by atoms with Crippen LogP contribution in [0.1, 0.15) is 52.3 Å². The van der Waals surface area contributed by atoms with Crippen molar-refractivity contribution in [3.8, 4) is 10.6 Å². The van der Waals surface area contributed by atoms with Gasteiger partial charge in [0.15, 0.2) is 0 Å². The van der Waals surface area contributed by atoms with Crippen LogP contribution in [0, 0.1) is 0 Å². The highest BCUT2D eigenvalue weighted by Crippen LogP contribution is 2.34. The lowest BCUT2D eigenvalue weighted by molar-refractivity contribution is -0.118. The highest BCUT2D eigenvalue weighted by Gasteiger charge is 2.37. The molecule has 29 heavy (non-hydrogen) atoms. The molecule has 1 amide bonds. The van der Waals surface area contributed by atoms with Crippen molar-refractivity contribution in [1.82, 2.24) is 20.6 Å². The number of hydrogen-bond donors (Lipinski definition) is 3. The zero-order valence-corrected chi connectivity index (χ0v) is 20.1. The van der Waals surface area contributed by atoms with E-state index in [1.165, 1.54) is 11.8 Å². The van der Waals surface area contributed by atoms with Crippen molar-refractivity contribution in [3.63, 3.8) is 0 Å². The third-order valence-electron chi connectivity index (χ3n) is 4.91. The fourth-order valence-corrected chi connectivity index (χ4v) is 5.76. The number of carbonyl (C=O) groups excluding carboxylic acids is 1.